The minimum absolute atomic E-state index is 0.0123. The van der Waals surface area contributed by atoms with Gasteiger partial charge in [0, 0.05) is 5.69 Å². The third-order valence-corrected chi connectivity index (χ3v) is 3.77. The summed E-state index contributed by atoms with van der Waals surface area (Å²) < 4.78 is 18.1. The van der Waals surface area contributed by atoms with Crippen LogP contribution in [0, 0.1) is 5.82 Å². The van der Waals surface area contributed by atoms with E-state index in [4.69, 9.17) is 4.42 Å². The Morgan fingerprint density at radius 2 is 1.76 bits per heavy atom. The molecular formula is C21H14FN2O5-. The standard InChI is InChI=1S/C21H15FN2O5/c22-15-8-6-13(7-9-15)11-17(24-20(26)18-5-2-10-29-18)19(25)23-16-4-1-3-14(12-16)21(27)28/h1-12H,(H,23,25)(H,24,26)(H,27,28)/p-1/b17-11-. The Kier molecular flexibility index (Phi) is 5.84. The van der Waals surface area contributed by atoms with Gasteiger partial charge in [0.2, 0.25) is 0 Å². The lowest BCUT2D eigenvalue weighted by molar-refractivity contribution is -0.255. The molecule has 3 rings (SSSR count). The number of amides is 2. The summed E-state index contributed by atoms with van der Waals surface area (Å²) in [6, 6.07) is 13.7. The van der Waals surface area contributed by atoms with Gasteiger partial charge >= 0.3 is 0 Å². The lowest BCUT2D eigenvalue weighted by Crippen LogP contribution is -2.30. The molecule has 2 aromatic carbocycles. The van der Waals surface area contributed by atoms with Gasteiger partial charge in [-0.1, -0.05) is 24.3 Å². The molecule has 7 nitrogen and oxygen atoms in total. The van der Waals surface area contributed by atoms with Crippen molar-refractivity contribution in [1.29, 1.82) is 0 Å². The van der Waals surface area contributed by atoms with Gasteiger partial charge in [-0.3, -0.25) is 9.59 Å². The van der Waals surface area contributed by atoms with E-state index in [0.29, 0.717) is 5.56 Å². The quantitative estimate of drug-likeness (QED) is 0.624. The first-order valence-corrected chi connectivity index (χ1v) is 8.37. The number of hydrogen-bond donors (Lipinski definition) is 2. The molecule has 0 bridgehead atoms. The second kappa shape index (κ2) is 8.66. The van der Waals surface area contributed by atoms with Crippen molar-refractivity contribution in [3.8, 4) is 0 Å². The van der Waals surface area contributed by atoms with E-state index in [1.165, 1.54) is 73.0 Å². The van der Waals surface area contributed by atoms with Crippen LogP contribution in [0.4, 0.5) is 10.1 Å². The predicted octanol–water partition coefficient (Wildman–Crippen LogP) is 2.19. The fourth-order valence-corrected chi connectivity index (χ4v) is 2.40. The zero-order valence-corrected chi connectivity index (χ0v) is 14.8. The monoisotopic (exact) mass is 393 g/mol. The lowest BCUT2D eigenvalue weighted by atomic mass is 10.1. The molecule has 0 atom stereocenters. The highest BCUT2D eigenvalue weighted by Crippen LogP contribution is 2.14. The van der Waals surface area contributed by atoms with Gasteiger partial charge in [0.25, 0.3) is 11.8 Å². The number of carboxylic acid groups (broad SMARTS) is 1. The highest BCUT2D eigenvalue weighted by molar-refractivity contribution is 6.10. The minimum Gasteiger partial charge on any atom is -0.545 e. The van der Waals surface area contributed by atoms with Gasteiger partial charge in [0.15, 0.2) is 5.76 Å². The summed E-state index contributed by atoms with van der Waals surface area (Å²) in [4.78, 5) is 36.0. The molecule has 0 aliphatic heterocycles. The maximum Gasteiger partial charge on any atom is 0.291 e. The number of halogens is 1. The van der Waals surface area contributed by atoms with Gasteiger partial charge in [-0.2, -0.15) is 0 Å². The van der Waals surface area contributed by atoms with Crippen molar-refractivity contribution in [2.24, 2.45) is 0 Å². The molecule has 0 spiro atoms. The first kappa shape index (κ1) is 19.6. The summed E-state index contributed by atoms with van der Waals surface area (Å²) in [5.74, 6) is -3.24. The first-order valence-electron chi connectivity index (χ1n) is 8.37. The van der Waals surface area contributed by atoms with Crippen molar-refractivity contribution in [1.82, 2.24) is 5.32 Å². The van der Waals surface area contributed by atoms with Crippen molar-refractivity contribution >= 4 is 29.5 Å². The fraction of sp³-hybridized carbons (Fsp3) is 0. The second-order valence-corrected chi connectivity index (χ2v) is 5.86. The number of carboxylic acids is 1. The van der Waals surface area contributed by atoms with Crippen LogP contribution in [0.1, 0.15) is 26.5 Å². The van der Waals surface area contributed by atoms with Crippen molar-refractivity contribution in [3.05, 3.63) is 95.3 Å². The fourth-order valence-electron chi connectivity index (χ4n) is 2.40. The summed E-state index contributed by atoms with van der Waals surface area (Å²) in [7, 11) is 0. The highest BCUT2D eigenvalue weighted by atomic mass is 19.1. The Bertz CT molecular complexity index is 1070. The molecular weight excluding hydrogens is 379 g/mol. The predicted molar refractivity (Wildman–Crippen MR) is 100.0 cm³/mol. The number of carbonyl (C=O) groups excluding carboxylic acids is 3. The van der Waals surface area contributed by atoms with Crippen LogP contribution in [-0.4, -0.2) is 17.8 Å². The molecule has 3 aromatic rings. The van der Waals surface area contributed by atoms with Crippen LogP contribution < -0.4 is 15.7 Å². The van der Waals surface area contributed by atoms with Crippen LogP contribution >= 0.6 is 0 Å². The largest absolute Gasteiger partial charge is 0.545 e. The van der Waals surface area contributed by atoms with Crippen LogP contribution in [0.5, 0.6) is 0 Å². The molecule has 0 fully saturated rings. The Hall–Kier alpha value is -4.20. The lowest BCUT2D eigenvalue weighted by Gasteiger charge is -2.11. The van der Waals surface area contributed by atoms with Crippen LogP contribution in [0.2, 0.25) is 0 Å². The third-order valence-electron chi connectivity index (χ3n) is 3.77. The molecule has 29 heavy (non-hydrogen) atoms. The number of benzene rings is 2. The number of anilines is 1. The Labute approximate surface area is 164 Å². The maximum atomic E-state index is 13.1. The molecule has 8 heteroatoms. The van der Waals surface area contributed by atoms with Crippen LogP contribution in [-0.2, 0) is 4.79 Å². The maximum absolute atomic E-state index is 13.1. The van der Waals surface area contributed by atoms with Gasteiger partial charge in [-0.25, -0.2) is 4.39 Å². The molecule has 0 saturated carbocycles. The zero-order chi connectivity index (χ0) is 20.8. The number of hydrogen-bond acceptors (Lipinski definition) is 5. The van der Waals surface area contributed by atoms with Gasteiger partial charge in [0.05, 0.1) is 12.2 Å². The number of aromatic carboxylic acids is 1. The number of furan rings is 1. The normalized spacial score (nSPS) is 11.0. The molecule has 146 valence electrons. The second-order valence-electron chi connectivity index (χ2n) is 5.86. The molecule has 0 saturated heterocycles. The zero-order valence-electron chi connectivity index (χ0n) is 14.8. The van der Waals surface area contributed by atoms with E-state index in [9.17, 15) is 23.9 Å². The SMILES string of the molecule is O=C(Nc1cccc(C(=O)[O-])c1)/C(=C/c1ccc(F)cc1)NC(=O)c1ccco1. The molecule has 0 unspecified atom stereocenters. The van der Waals surface area contributed by atoms with E-state index >= 15 is 0 Å². The van der Waals surface area contributed by atoms with E-state index < -0.39 is 23.6 Å². The molecule has 0 radical (unpaired) electrons. The summed E-state index contributed by atoms with van der Waals surface area (Å²) in [5, 5.41) is 15.9. The van der Waals surface area contributed by atoms with Gasteiger partial charge in [-0.15, -0.1) is 0 Å². The average Bonchev–Trinajstić information content (AvgIpc) is 3.24. The van der Waals surface area contributed by atoms with Crippen LogP contribution in [0.15, 0.2) is 77.0 Å². The van der Waals surface area contributed by atoms with Gasteiger partial charge in [0.1, 0.15) is 11.5 Å². The topological polar surface area (TPSA) is 111 Å². The minimum atomic E-state index is -1.39. The summed E-state index contributed by atoms with van der Waals surface area (Å²) in [6.07, 6.45) is 2.65. The van der Waals surface area contributed by atoms with E-state index in [1.807, 2.05) is 0 Å². The molecule has 1 heterocycles. The highest BCUT2D eigenvalue weighted by Gasteiger charge is 2.17. The summed E-state index contributed by atoms with van der Waals surface area (Å²) >= 11 is 0. The molecule has 2 amide bonds. The van der Waals surface area contributed by atoms with Crippen molar-refractivity contribution in [2.45, 2.75) is 0 Å². The van der Waals surface area contributed by atoms with Crippen molar-refractivity contribution in [3.63, 3.8) is 0 Å². The number of nitrogens with one attached hydrogen (secondary N) is 2. The Morgan fingerprint density at radius 1 is 1.00 bits per heavy atom. The first-order chi connectivity index (χ1) is 13.9. The number of carbonyl (C=O) groups is 3. The summed E-state index contributed by atoms with van der Waals surface area (Å²) in [5.41, 5.74) is 0.372. The summed E-state index contributed by atoms with van der Waals surface area (Å²) in [6.45, 7) is 0. The molecule has 1 aromatic heterocycles. The van der Waals surface area contributed by atoms with Gasteiger partial charge < -0.3 is 25.0 Å². The average molecular weight is 393 g/mol. The van der Waals surface area contributed by atoms with Crippen LogP contribution in [0.3, 0.4) is 0 Å². The third kappa shape index (κ3) is 5.16. The number of rotatable bonds is 6. The van der Waals surface area contributed by atoms with E-state index in [2.05, 4.69) is 10.6 Å². The van der Waals surface area contributed by atoms with Crippen LogP contribution in [0.25, 0.3) is 6.08 Å². The Balaban J connectivity index is 1.88. The van der Waals surface area contributed by atoms with Crippen molar-refractivity contribution < 1.29 is 28.3 Å². The Morgan fingerprint density at radius 3 is 2.41 bits per heavy atom. The van der Waals surface area contributed by atoms with E-state index in [1.54, 1.807) is 0 Å². The van der Waals surface area contributed by atoms with E-state index in [-0.39, 0.29) is 22.7 Å². The van der Waals surface area contributed by atoms with E-state index in [0.717, 1.165) is 0 Å². The molecule has 0 aliphatic rings. The molecule has 0 aliphatic carbocycles. The molecule has 2 N–H and O–H groups in total. The smallest absolute Gasteiger partial charge is 0.291 e. The van der Waals surface area contributed by atoms with Crippen molar-refractivity contribution in [2.75, 3.05) is 5.32 Å². The van der Waals surface area contributed by atoms with Gasteiger partial charge in [-0.05, 0) is 53.6 Å².